The van der Waals surface area contributed by atoms with Crippen LogP contribution in [0.3, 0.4) is 0 Å². The van der Waals surface area contributed by atoms with Gasteiger partial charge in [0.1, 0.15) is 5.78 Å². The lowest BCUT2D eigenvalue weighted by Gasteiger charge is -2.21. The molecule has 2 N–H and O–H groups in total. The molecule has 1 unspecified atom stereocenters. The standard InChI is InChI=1S/C10H12N2O2/c11-8-3-7(5-12-6-8)10-4-9(13)1-2-14-10/h3,5-6,10H,1-2,4,11H2. The number of anilines is 1. The number of ketones is 1. The van der Waals surface area contributed by atoms with Gasteiger partial charge in [0.25, 0.3) is 0 Å². The minimum Gasteiger partial charge on any atom is -0.397 e. The summed E-state index contributed by atoms with van der Waals surface area (Å²) in [5.41, 5.74) is 7.09. The van der Waals surface area contributed by atoms with Crippen molar-refractivity contribution < 1.29 is 9.53 Å². The molecule has 14 heavy (non-hydrogen) atoms. The average molecular weight is 192 g/mol. The lowest BCUT2D eigenvalue weighted by Crippen LogP contribution is -2.19. The zero-order valence-corrected chi connectivity index (χ0v) is 7.77. The highest BCUT2D eigenvalue weighted by Crippen LogP contribution is 2.26. The summed E-state index contributed by atoms with van der Waals surface area (Å²) < 4.78 is 5.47. The zero-order valence-electron chi connectivity index (χ0n) is 7.77. The van der Waals surface area contributed by atoms with Crippen molar-refractivity contribution in [2.24, 2.45) is 0 Å². The molecule has 0 amide bonds. The van der Waals surface area contributed by atoms with Gasteiger partial charge in [-0.2, -0.15) is 0 Å². The smallest absolute Gasteiger partial charge is 0.138 e. The number of pyridine rings is 1. The lowest BCUT2D eigenvalue weighted by molar-refractivity contribution is -0.128. The summed E-state index contributed by atoms with van der Waals surface area (Å²) in [6, 6.07) is 1.80. The number of hydrogen-bond acceptors (Lipinski definition) is 4. The van der Waals surface area contributed by atoms with Gasteiger partial charge in [-0.25, -0.2) is 0 Å². The van der Waals surface area contributed by atoms with E-state index >= 15 is 0 Å². The van der Waals surface area contributed by atoms with Crippen LogP contribution < -0.4 is 5.73 Å². The van der Waals surface area contributed by atoms with Crippen molar-refractivity contribution in [1.82, 2.24) is 4.98 Å². The molecule has 1 aromatic rings. The van der Waals surface area contributed by atoms with E-state index in [2.05, 4.69) is 4.98 Å². The first-order valence-corrected chi connectivity index (χ1v) is 4.59. The van der Waals surface area contributed by atoms with Crippen molar-refractivity contribution in [3.8, 4) is 0 Å². The van der Waals surface area contributed by atoms with Crippen LogP contribution in [0.5, 0.6) is 0 Å². The van der Waals surface area contributed by atoms with Crippen LogP contribution in [0.25, 0.3) is 0 Å². The lowest BCUT2D eigenvalue weighted by atomic mass is 10.0. The van der Waals surface area contributed by atoms with Gasteiger partial charge in [-0.3, -0.25) is 9.78 Å². The molecule has 0 bridgehead atoms. The second-order valence-corrected chi connectivity index (χ2v) is 3.40. The average Bonchev–Trinajstić information content (AvgIpc) is 2.18. The molecule has 0 aromatic carbocycles. The van der Waals surface area contributed by atoms with E-state index in [-0.39, 0.29) is 11.9 Å². The molecule has 2 rings (SSSR count). The first kappa shape index (κ1) is 9.15. The molecule has 0 spiro atoms. The number of aromatic nitrogens is 1. The summed E-state index contributed by atoms with van der Waals surface area (Å²) in [4.78, 5) is 15.2. The van der Waals surface area contributed by atoms with Gasteiger partial charge in [0.05, 0.1) is 18.4 Å². The Balaban J connectivity index is 2.17. The highest BCUT2D eigenvalue weighted by Gasteiger charge is 2.21. The van der Waals surface area contributed by atoms with Crippen molar-refractivity contribution in [2.75, 3.05) is 12.3 Å². The molecule has 1 aliphatic heterocycles. The van der Waals surface area contributed by atoms with Crippen molar-refractivity contribution in [1.29, 1.82) is 0 Å². The third kappa shape index (κ3) is 1.90. The SMILES string of the molecule is Nc1cncc(C2CC(=O)CCO2)c1. The summed E-state index contributed by atoms with van der Waals surface area (Å²) in [7, 11) is 0. The van der Waals surface area contributed by atoms with Crippen molar-refractivity contribution in [2.45, 2.75) is 18.9 Å². The van der Waals surface area contributed by atoms with Crippen molar-refractivity contribution in [3.63, 3.8) is 0 Å². The van der Waals surface area contributed by atoms with Crippen LogP contribution >= 0.6 is 0 Å². The molecule has 74 valence electrons. The van der Waals surface area contributed by atoms with Gasteiger partial charge in [0.15, 0.2) is 0 Å². The summed E-state index contributed by atoms with van der Waals surface area (Å²) >= 11 is 0. The van der Waals surface area contributed by atoms with E-state index in [0.29, 0.717) is 25.1 Å². The third-order valence-electron chi connectivity index (χ3n) is 2.27. The molecular weight excluding hydrogens is 180 g/mol. The van der Waals surface area contributed by atoms with Gasteiger partial charge < -0.3 is 10.5 Å². The highest BCUT2D eigenvalue weighted by molar-refractivity contribution is 5.79. The van der Waals surface area contributed by atoms with E-state index in [0.717, 1.165) is 5.56 Å². The number of nitrogens with zero attached hydrogens (tertiary/aromatic N) is 1. The Labute approximate surface area is 82.1 Å². The van der Waals surface area contributed by atoms with Gasteiger partial charge in [0, 0.05) is 30.8 Å². The first-order chi connectivity index (χ1) is 6.75. The fraction of sp³-hybridized carbons (Fsp3) is 0.400. The summed E-state index contributed by atoms with van der Waals surface area (Å²) in [6.45, 7) is 0.498. The van der Waals surface area contributed by atoms with Gasteiger partial charge in [-0.05, 0) is 6.07 Å². The van der Waals surface area contributed by atoms with E-state index in [1.165, 1.54) is 0 Å². The monoisotopic (exact) mass is 192 g/mol. The highest BCUT2D eigenvalue weighted by atomic mass is 16.5. The minimum atomic E-state index is -0.160. The van der Waals surface area contributed by atoms with Crippen LogP contribution in [-0.4, -0.2) is 17.4 Å². The number of carbonyl (C=O) groups excluding carboxylic acids is 1. The first-order valence-electron chi connectivity index (χ1n) is 4.59. The number of Topliss-reactive ketones (excluding diaryl/α,β-unsaturated/α-hetero) is 1. The molecule has 1 aromatic heterocycles. The maximum Gasteiger partial charge on any atom is 0.138 e. The van der Waals surface area contributed by atoms with Crippen LogP contribution in [0.1, 0.15) is 24.5 Å². The van der Waals surface area contributed by atoms with E-state index in [9.17, 15) is 4.79 Å². The summed E-state index contributed by atoms with van der Waals surface area (Å²) in [6.07, 6.45) is 4.07. The number of nitrogen functional groups attached to an aromatic ring is 1. The zero-order chi connectivity index (χ0) is 9.97. The molecule has 4 nitrogen and oxygen atoms in total. The molecule has 1 aliphatic rings. The number of carbonyl (C=O) groups is 1. The maximum atomic E-state index is 11.2. The van der Waals surface area contributed by atoms with E-state index in [1.807, 2.05) is 0 Å². The normalized spacial score (nSPS) is 22.3. The topological polar surface area (TPSA) is 65.2 Å². The molecule has 0 radical (unpaired) electrons. The van der Waals surface area contributed by atoms with Gasteiger partial charge in [0.2, 0.25) is 0 Å². The molecule has 1 saturated heterocycles. The predicted molar refractivity (Wildman–Crippen MR) is 51.6 cm³/mol. The molecule has 0 aliphatic carbocycles. The molecule has 1 atom stereocenters. The fourth-order valence-corrected chi connectivity index (χ4v) is 1.55. The Morgan fingerprint density at radius 3 is 3.07 bits per heavy atom. The Hall–Kier alpha value is -1.42. The third-order valence-corrected chi connectivity index (χ3v) is 2.27. The Morgan fingerprint density at radius 1 is 1.50 bits per heavy atom. The molecule has 1 fully saturated rings. The second-order valence-electron chi connectivity index (χ2n) is 3.40. The maximum absolute atomic E-state index is 11.2. The van der Waals surface area contributed by atoms with Gasteiger partial charge in [-0.1, -0.05) is 0 Å². The summed E-state index contributed by atoms with van der Waals surface area (Å²) in [5.74, 6) is 0.240. The van der Waals surface area contributed by atoms with Gasteiger partial charge in [-0.15, -0.1) is 0 Å². The van der Waals surface area contributed by atoms with Crippen LogP contribution in [-0.2, 0) is 9.53 Å². The summed E-state index contributed by atoms with van der Waals surface area (Å²) in [5, 5.41) is 0. The predicted octanol–water partition coefficient (Wildman–Crippen LogP) is 1.08. The van der Waals surface area contributed by atoms with Crippen LogP contribution in [0.2, 0.25) is 0 Å². The molecule has 2 heterocycles. The van der Waals surface area contributed by atoms with Crippen LogP contribution in [0.4, 0.5) is 5.69 Å². The van der Waals surface area contributed by atoms with E-state index in [1.54, 1.807) is 18.5 Å². The molecule has 0 saturated carbocycles. The number of nitrogens with two attached hydrogens (primary N) is 1. The van der Waals surface area contributed by atoms with E-state index in [4.69, 9.17) is 10.5 Å². The Morgan fingerprint density at radius 2 is 2.36 bits per heavy atom. The van der Waals surface area contributed by atoms with Gasteiger partial charge >= 0.3 is 0 Å². The second kappa shape index (κ2) is 3.75. The Bertz CT molecular complexity index is 352. The van der Waals surface area contributed by atoms with Crippen LogP contribution in [0, 0.1) is 0 Å². The largest absolute Gasteiger partial charge is 0.397 e. The van der Waals surface area contributed by atoms with Crippen LogP contribution in [0.15, 0.2) is 18.5 Å². The number of hydrogen-bond donors (Lipinski definition) is 1. The fourth-order valence-electron chi connectivity index (χ4n) is 1.55. The van der Waals surface area contributed by atoms with Crippen molar-refractivity contribution >= 4 is 11.5 Å². The molecule has 4 heteroatoms. The molecular formula is C10H12N2O2. The number of rotatable bonds is 1. The quantitative estimate of drug-likeness (QED) is 0.723. The van der Waals surface area contributed by atoms with E-state index < -0.39 is 0 Å². The van der Waals surface area contributed by atoms with Crippen molar-refractivity contribution in [3.05, 3.63) is 24.0 Å². The number of ether oxygens (including phenoxy) is 1. The Kier molecular flexibility index (Phi) is 2.45. The minimum absolute atomic E-state index is 0.160.